The lowest BCUT2D eigenvalue weighted by Gasteiger charge is -2.12. The van der Waals surface area contributed by atoms with Crippen molar-refractivity contribution < 1.29 is 14.6 Å². The summed E-state index contributed by atoms with van der Waals surface area (Å²) in [5.74, 6) is -0.835. The van der Waals surface area contributed by atoms with Gasteiger partial charge in [0.25, 0.3) is 0 Å². The summed E-state index contributed by atoms with van der Waals surface area (Å²) in [6.07, 6.45) is 1.25. The monoisotopic (exact) mass is 242 g/mol. The zero-order chi connectivity index (χ0) is 12.0. The smallest absolute Gasteiger partial charge is 0.305 e. The largest absolute Gasteiger partial charge is 0.481 e. The van der Waals surface area contributed by atoms with E-state index >= 15 is 0 Å². The van der Waals surface area contributed by atoms with Crippen LogP contribution in [0.5, 0.6) is 0 Å². The second kappa shape index (κ2) is 6.51. The second-order valence-corrected chi connectivity index (χ2v) is 4.06. The number of carboxylic acid groups (broad SMARTS) is 1. The Bertz CT molecular complexity index is 352. The van der Waals surface area contributed by atoms with Gasteiger partial charge in [-0.25, -0.2) is 0 Å². The lowest BCUT2D eigenvalue weighted by Crippen LogP contribution is -2.16. The first-order valence-electron chi connectivity index (χ1n) is 5.11. The van der Waals surface area contributed by atoms with Gasteiger partial charge in [0.2, 0.25) is 0 Å². The summed E-state index contributed by atoms with van der Waals surface area (Å²) in [5, 5.41) is 9.35. The van der Waals surface area contributed by atoms with Crippen LogP contribution in [0.4, 0.5) is 0 Å². The van der Waals surface area contributed by atoms with Crippen LogP contribution < -0.4 is 0 Å². The molecule has 0 amide bonds. The van der Waals surface area contributed by atoms with Gasteiger partial charge in [-0.2, -0.15) is 0 Å². The average Bonchev–Trinajstić information content (AvgIpc) is 2.24. The zero-order valence-electron chi connectivity index (χ0n) is 9.15. The predicted octanol–water partition coefficient (Wildman–Crippen LogP) is 2.76. The molecule has 0 fully saturated rings. The lowest BCUT2D eigenvalue weighted by atomic mass is 10.1. The molecule has 3 nitrogen and oxygen atoms in total. The first-order chi connectivity index (χ1) is 7.61. The Morgan fingerprint density at radius 3 is 2.88 bits per heavy atom. The predicted molar refractivity (Wildman–Crippen MR) is 62.8 cm³/mol. The minimum Gasteiger partial charge on any atom is -0.481 e. The fourth-order valence-corrected chi connectivity index (χ4v) is 1.73. The quantitative estimate of drug-likeness (QED) is 0.834. The second-order valence-electron chi connectivity index (χ2n) is 3.62. The normalized spacial score (nSPS) is 12.4. The van der Waals surface area contributed by atoms with E-state index in [4.69, 9.17) is 21.4 Å². The topological polar surface area (TPSA) is 46.5 Å². The summed E-state index contributed by atoms with van der Waals surface area (Å²) < 4.78 is 5.10. The number of carbonyl (C=O) groups is 1. The van der Waals surface area contributed by atoms with E-state index in [-0.39, 0.29) is 12.5 Å². The minimum absolute atomic E-state index is 0.0388. The molecule has 1 aromatic rings. The van der Waals surface area contributed by atoms with E-state index in [2.05, 4.69) is 0 Å². The van der Waals surface area contributed by atoms with Crippen LogP contribution in [0.2, 0.25) is 5.02 Å². The molecule has 0 saturated heterocycles. The Morgan fingerprint density at radius 2 is 2.31 bits per heavy atom. The van der Waals surface area contributed by atoms with Crippen molar-refractivity contribution in [3.05, 3.63) is 34.9 Å². The number of benzene rings is 1. The van der Waals surface area contributed by atoms with Crippen LogP contribution in [0.25, 0.3) is 0 Å². The molecular formula is C12H15ClO3. The number of rotatable bonds is 6. The maximum absolute atomic E-state index is 10.5. The molecule has 0 heterocycles. The summed E-state index contributed by atoms with van der Waals surface area (Å²) >= 11 is 5.85. The highest BCUT2D eigenvalue weighted by atomic mass is 35.5. The third kappa shape index (κ3) is 4.64. The van der Waals surface area contributed by atoms with Crippen molar-refractivity contribution in [2.24, 2.45) is 0 Å². The van der Waals surface area contributed by atoms with Gasteiger partial charge in [-0.3, -0.25) is 4.79 Å². The van der Waals surface area contributed by atoms with E-state index in [1.165, 1.54) is 7.11 Å². The molecule has 0 aromatic heterocycles. The first-order valence-corrected chi connectivity index (χ1v) is 5.48. The van der Waals surface area contributed by atoms with Gasteiger partial charge in [-0.1, -0.05) is 23.7 Å². The molecule has 88 valence electrons. The third-order valence-corrected chi connectivity index (χ3v) is 2.61. The molecule has 0 saturated carbocycles. The summed E-state index contributed by atoms with van der Waals surface area (Å²) in [5.41, 5.74) is 1.10. The first kappa shape index (κ1) is 13.0. The zero-order valence-corrected chi connectivity index (χ0v) is 9.91. The maximum atomic E-state index is 10.5. The summed E-state index contributed by atoms with van der Waals surface area (Å²) in [7, 11) is 1.53. The van der Waals surface area contributed by atoms with Gasteiger partial charge >= 0.3 is 5.97 Å². The van der Waals surface area contributed by atoms with Gasteiger partial charge in [-0.05, 0) is 30.5 Å². The molecule has 0 bridgehead atoms. The van der Waals surface area contributed by atoms with Crippen LogP contribution in [-0.4, -0.2) is 24.3 Å². The number of carboxylic acids is 1. The summed E-state index contributed by atoms with van der Waals surface area (Å²) in [4.78, 5) is 10.5. The van der Waals surface area contributed by atoms with Gasteiger partial charge in [0.15, 0.2) is 0 Å². The molecule has 0 aliphatic rings. The SMILES string of the molecule is COC(CCc1cccc(Cl)c1)CC(=O)O. The van der Waals surface area contributed by atoms with Crippen molar-refractivity contribution in [3.63, 3.8) is 0 Å². The number of methoxy groups -OCH3 is 1. The number of aryl methyl sites for hydroxylation is 1. The molecule has 16 heavy (non-hydrogen) atoms. The minimum atomic E-state index is -0.835. The molecule has 1 N–H and O–H groups in total. The number of hydrogen-bond donors (Lipinski definition) is 1. The van der Waals surface area contributed by atoms with E-state index in [0.717, 1.165) is 12.0 Å². The summed E-state index contributed by atoms with van der Waals surface area (Å²) in [6.45, 7) is 0. The highest BCUT2D eigenvalue weighted by Crippen LogP contribution is 2.14. The van der Waals surface area contributed by atoms with Crippen molar-refractivity contribution in [2.45, 2.75) is 25.4 Å². The molecule has 0 spiro atoms. The van der Waals surface area contributed by atoms with Crippen LogP contribution in [0.15, 0.2) is 24.3 Å². The molecule has 0 aliphatic heterocycles. The van der Waals surface area contributed by atoms with E-state index in [0.29, 0.717) is 11.4 Å². The van der Waals surface area contributed by atoms with Crippen molar-refractivity contribution in [1.29, 1.82) is 0 Å². The number of aliphatic carboxylic acids is 1. The van der Waals surface area contributed by atoms with Crippen LogP contribution >= 0.6 is 11.6 Å². The highest BCUT2D eigenvalue weighted by molar-refractivity contribution is 6.30. The van der Waals surface area contributed by atoms with Gasteiger partial charge in [0, 0.05) is 12.1 Å². The maximum Gasteiger partial charge on any atom is 0.305 e. The van der Waals surface area contributed by atoms with E-state index < -0.39 is 5.97 Å². The fraction of sp³-hybridized carbons (Fsp3) is 0.417. The molecule has 1 atom stereocenters. The van der Waals surface area contributed by atoms with Crippen LogP contribution in [0.3, 0.4) is 0 Å². The Labute approximate surface area is 100.0 Å². The standard InChI is InChI=1S/C12H15ClO3/c1-16-11(8-12(14)15)6-5-9-3-2-4-10(13)7-9/h2-4,7,11H,5-6,8H2,1H3,(H,14,15). The number of ether oxygens (including phenoxy) is 1. The fourth-order valence-electron chi connectivity index (χ4n) is 1.52. The third-order valence-electron chi connectivity index (χ3n) is 2.38. The van der Waals surface area contributed by atoms with Crippen LogP contribution in [-0.2, 0) is 16.0 Å². The summed E-state index contributed by atoms with van der Waals surface area (Å²) in [6, 6.07) is 7.56. The Hall–Kier alpha value is -1.06. The number of hydrogen-bond acceptors (Lipinski definition) is 2. The van der Waals surface area contributed by atoms with E-state index in [9.17, 15) is 4.79 Å². The number of halogens is 1. The molecule has 0 aliphatic carbocycles. The van der Waals surface area contributed by atoms with Crippen molar-refractivity contribution in [3.8, 4) is 0 Å². The Balaban J connectivity index is 2.46. The molecule has 0 radical (unpaired) electrons. The highest BCUT2D eigenvalue weighted by Gasteiger charge is 2.12. The molecule has 1 rings (SSSR count). The van der Waals surface area contributed by atoms with Crippen molar-refractivity contribution >= 4 is 17.6 Å². The molecule has 1 aromatic carbocycles. The van der Waals surface area contributed by atoms with E-state index in [1.54, 1.807) is 0 Å². The Kier molecular flexibility index (Phi) is 5.29. The van der Waals surface area contributed by atoms with Gasteiger partial charge < -0.3 is 9.84 Å². The van der Waals surface area contributed by atoms with Crippen molar-refractivity contribution in [2.75, 3.05) is 7.11 Å². The van der Waals surface area contributed by atoms with Gasteiger partial charge in [-0.15, -0.1) is 0 Å². The van der Waals surface area contributed by atoms with Crippen LogP contribution in [0.1, 0.15) is 18.4 Å². The van der Waals surface area contributed by atoms with Crippen molar-refractivity contribution in [1.82, 2.24) is 0 Å². The van der Waals surface area contributed by atoms with E-state index in [1.807, 2.05) is 24.3 Å². The molecule has 4 heteroatoms. The van der Waals surface area contributed by atoms with Crippen LogP contribution in [0, 0.1) is 0 Å². The Morgan fingerprint density at radius 1 is 1.56 bits per heavy atom. The lowest BCUT2D eigenvalue weighted by molar-refractivity contribution is -0.139. The van der Waals surface area contributed by atoms with Gasteiger partial charge in [0.05, 0.1) is 12.5 Å². The molecule has 1 unspecified atom stereocenters. The van der Waals surface area contributed by atoms with Gasteiger partial charge in [0.1, 0.15) is 0 Å². The molecular weight excluding hydrogens is 228 g/mol. The average molecular weight is 243 g/mol.